The fraction of sp³-hybridized carbons (Fsp3) is 0.133. The second-order valence-electron chi connectivity index (χ2n) is 3.63. The summed E-state index contributed by atoms with van der Waals surface area (Å²) in [7, 11) is 0. The number of aromatic nitrogens is 1. The van der Waals surface area contributed by atoms with Crippen molar-refractivity contribution in [3.05, 3.63) is 66.0 Å². The van der Waals surface area contributed by atoms with E-state index in [0.717, 1.165) is 12.1 Å². The first-order valence-electron chi connectivity index (χ1n) is 5.59. The molecule has 2 rings (SSSR count). The first-order valence-corrected chi connectivity index (χ1v) is 5.59. The predicted octanol–water partition coefficient (Wildman–Crippen LogP) is 2.64. The second-order valence-corrected chi connectivity index (χ2v) is 3.63. The van der Waals surface area contributed by atoms with Gasteiger partial charge in [0.05, 0.1) is 6.54 Å². The van der Waals surface area contributed by atoms with E-state index in [-0.39, 0.29) is 12.4 Å². The van der Waals surface area contributed by atoms with Crippen molar-refractivity contribution in [3.8, 4) is 11.8 Å². The summed E-state index contributed by atoms with van der Waals surface area (Å²) >= 11 is 0. The number of halogens is 1. The Hall–Kier alpha value is -1.82. The van der Waals surface area contributed by atoms with Crippen LogP contribution < -0.4 is 5.32 Å². The molecule has 3 heteroatoms. The average molecular weight is 259 g/mol. The molecule has 1 aromatic heterocycles. The lowest BCUT2D eigenvalue weighted by molar-refractivity contribution is 0.767. The minimum Gasteiger partial charge on any atom is -0.302 e. The van der Waals surface area contributed by atoms with E-state index in [4.69, 9.17) is 0 Å². The monoisotopic (exact) mass is 258 g/mol. The third-order valence-electron chi connectivity index (χ3n) is 2.27. The summed E-state index contributed by atoms with van der Waals surface area (Å²) < 4.78 is 0. The lowest BCUT2D eigenvalue weighted by atomic mass is 10.2. The maximum atomic E-state index is 4.06. The van der Waals surface area contributed by atoms with E-state index in [0.29, 0.717) is 6.54 Å². The molecule has 18 heavy (non-hydrogen) atoms. The molecule has 2 nitrogen and oxygen atoms in total. The van der Waals surface area contributed by atoms with Gasteiger partial charge in [-0.3, -0.25) is 4.98 Å². The highest BCUT2D eigenvalue weighted by Gasteiger charge is 1.88. The summed E-state index contributed by atoms with van der Waals surface area (Å²) in [5.74, 6) is 6.19. The van der Waals surface area contributed by atoms with Crippen LogP contribution in [0.15, 0.2) is 54.9 Å². The molecule has 0 amide bonds. The van der Waals surface area contributed by atoms with Crippen LogP contribution in [0.4, 0.5) is 0 Å². The zero-order valence-electron chi connectivity index (χ0n) is 9.97. The number of nitrogens with one attached hydrogen (secondary N) is 1. The van der Waals surface area contributed by atoms with E-state index in [1.54, 1.807) is 6.20 Å². The van der Waals surface area contributed by atoms with E-state index in [2.05, 4.69) is 22.1 Å². The van der Waals surface area contributed by atoms with Crippen LogP contribution in [-0.2, 0) is 6.54 Å². The van der Waals surface area contributed by atoms with Gasteiger partial charge in [0, 0.05) is 24.5 Å². The van der Waals surface area contributed by atoms with Gasteiger partial charge >= 0.3 is 0 Å². The zero-order chi connectivity index (χ0) is 11.8. The summed E-state index contributed by atoms with van der Waals surface area (Å²) in [5, 5.41) is 3.26. The topological polar surface area (TPSA) is 24.9 Å². The fourth-order valence-electron chi connectivity index (χ4n) is 1.44. The summed E-state index contributed by atoms with van der Waals surface area (Å²) in [6, 6.07) is 14.0. The lowest BCUT2D eigenvalue weighted by Crippen LogP contribution is -2.13. The van der Waals surface area contributed by atoms with Crippen molar-refractivity contribution in [1.82, 2.24) is 10.3 Å². The molecule has 0 aliphatic carbocycles. The molecule has 0 unspecified atom stereocenters. The van der Waals surface area contributed by atoms with Gasteiger partial charge in [0.15, 0.2) is 0 Å². The quantitative estimate of drug-likeness (QED) is 0.676. The average Bonchev–Trinajstić information content (AvgIpc) is 2.41. The van der Waals surface area contributed by atoms with Crippen molar-refractivity contribution >= 4 is 12.4 Å². The molecule has 1 heterocycles. The molecular weight excluding hydrogens is 244 g/mol. The van der Waals surface area contributed by atoms with Gasteiger partial charge in [-0.15, -0.1) is 12.4 Å². The first-order chi connectivity index (χ1) is 8.45. The molecule has 2 aromatic rings. The Morgan fingerprint density at radius 3 is 2.61 bits per heavy atom. The van der Waals surface area contributed by atoms with E-state index < -0.39 is 0 Å². The molecule has 0 atom stereocenters. The maximum Gasteiger partial charge on any atom is 0.0582 e. The van der Waals surface area contributed by atoms with E-state index in [1.807, 2.05) is 48.7 Å². The minimum absolute atomic E-state index is 0. The van der Waals surface area contributed by atoms with Gasteiger partial charge in [0.25, 0.3) is 0 Å². The van der Waals surface area contributed by atoms with Gasteiger partial charge in [0.2, 0.25) is 0 Å². The third-order valence-corrected chi connectivity index (χ3v) is 2.27. The molecule has 0 bridgehead atoms. The van der Waals surface area contributed by atoms with E-state index in [9.17, 15) is 0 Å². The normalized spacial score (nSPS) is 8.89. The Kier molecular flexibility index (Phi) is 6.56. The van der Waals surface area contributed by atoms with Gasteiger partial charge in [-0.1, -0.05) is 36.1 Å². The Labute approximate surface area is 114 Å². The largest absolute Gasteiger partial charge is 0.302 e. The lowest BCUT2D eigenvalue weighted by Gasteiger charge is -1.99. The minimum atomic E-state index is 0. The third kappa shape index (κ3) is 5.01. The zero-order valence-corrected chi connectivity index (χ0v) is 10.8. The van der Waals surface area contributed by atoms with Crippen LogP contribution in [0.2, 0.25) is 0 Å². The van der Waals surface area contributed by atoms with Gasteiger partial charge in [0.1, 0.15) is 0 Å². The van der Waals surface area contributed by atoms with Crippen LogP contribution in [0.3, 0.4) is 0 Å². The highest BCUT2D eigenvalue weighted by Crippen LogP contribution is 1.95. The Morgan fingerprint density at radius 2 is 1.89 bits per heavy atom. The molecule has 1 N–H and O–H groups in total. The van der Waals surface area contributed by atoms with Crippen molar-refractivity contribution in [2.24, 2.45) is 0 Å². The second kappa shape index (κ2) is 8.30. The smallest absolute Gasteiger partial charge is 0.0582 e. The summed E-state index contributed by atoms with van der Waals surface area (Å²) in [4.78, 5) is 4.06. The molecule has 0 fully saturated rings. The van der Waals surface area contributed by atoms with Gasteiger partial charge in [-0.25, -0.2) is 0 Å². The molecule has 0 aliphatic heterocycles. The number of benzene rings is 1. The van der Waals surface area contributed by atoms with Gasteiger partial charge < -0.3 is 5.32 Å². The van der Waals surface area contributed by atoms with Crippen LogP contribution >= 0.6 is 12.4 Å². The molecule has 0 saturated heterocycles. The first kappa shape index (κ1) is 14.2. The van der Waals surface area contributed by atoms with Crippen molar-refractivity contribution in [3.63, 3.8) is 0 Å². The van der Waals surface area contributed by atoms with Crippen molar-refractivity contribution in [1.29, 1.82) is 0 Å². The van der Waals surface area contributed by atoms with Crippen LogP contribution in [0.1, 0.15) is 11.1 Å². The van der Waals surface area contributed by atoms with E-state index in [1.165, 1.54) is 5.56 Å². The molecule has 92 valence electrons. The standard InChI is InChI=1S/C15H14N2.ClH/c1-2-6-14(7-3-1)8-4-10-16-12-15-9-5-11-17-13-15;/h1-3,5-7,9,11,13,16H,10,12H2;1H. The SMILES string of the molecule is C(#Cc1ccccc1)CNCc1cccnc1.Cl. The summed E-state index contributed by atoms with van der Waals surface area (Å²) in [5.41, 5.74) is 2.23. The molecule has 0 radical (unpaired) electrons. The molecule has 0 aliphatic rings. The van der Waals surface area contributed by atoms with E-state index >= 15 is 0 Å². The van der Waals surface area contributed by atoms with Crippen molar-refractivity contribution < 1.29 is 0 Å². The highest BCUT2D eigenvalue weighted by molar-refractivity contribution is 5.85. The summed E-state index contributed by atoms with van der Waals surface area (Å²) in [6.07, 6.45) is 3.64. The highest BCUT2D eigenvalue weighted by atomic mass is 35.5. The number of rotatable bonds is 3. The van der Waals surface area contributed by atoms with Crippen LogP contribution in [-0.4, -0.2) is 11.5 Å². The summed E-state index contributed by atoms with van der Waals surface area (Å²) in [6.45, 7) is 1.49. The van der Waals surface area contributed by atoms with Crippen LogP contribution in [0.5, 0.6) is 0 Å². The Bertz CT molecular complexity index is 500. The number of nitrogens with zero attached hydrogens (tertiary/aromatic N) is 1. The van der Waals surface area contributed by atoms with Crippen molar-refractivity contribution in [2.75, 3.05) is 6.54 Å². The molecule has 1 aromatic carbocycles. The van der Waals surface area contributed by atoms with Crippen LogP contribution in [0.25, 0.3) is 0 Å². The number of hydrogen-bond donors (Lipinski definition) is 1. The number of pyridine rings is 1. The predicted molar refractivity (Wildman–Crippen MR) is 76.5 cm³/mol. The Morgan fingerprint density at radius 1 is 1.06 bits per heavy atom. The fourth-order valence-corrected chi connectivity index (χ4v) is 1.44. The molecular formula is C15H15ClN2. The Balaban J connectivity index is 0.00000162. The maximum absolute atomic E-state index is 4.06. The molecule has 0 saturated carbocycles. The van der Waals surface area contributed by atoms with Crippen molar-refractivity contribution in [2.45, 2.75) is 6.54 Å². The molecule has 0 spiro atoms. The van der Waals surface area contributed by atoms with Gasteiger partial charge in [-0.05, 0) is 23.8 Å². The number of hydrogen-bond acceptors (Lipinski definition) is 2. The van der Waals surface area contributed by atoms with Gasteiger partial charge in [-0.2, -0.15) is 0 Å². The van der Waals surface area contributed by atoms with Crippen LogP contribution in [0, 0.1) is 11.8 Å².